The summed E-state index contributed by atoms with van der Waals surface area (Å²) >= 11 is 1.84. The molecular weight excluding hydrogens is 224 g/mol. The number of nitrogens with one attached hydrogen (secondary N) is 1. The van der Waals surface area contributed by atoms with E-state index in [1.807, 2.05) is 11.8 Å². The average molecular weight is 242 g/mol. The van der Waals surface area contributed by atoms with Crippen LogP contribution in [0, 0.1) is 0 Å². The molecule has 0 saturated carbocycles. The molecule has 2 unspecified atom stereocenters. The van der Waals surface area contributed by atoms with Crippen molar-refractivity contribution in [1.29, 1.82) is 0 Å². The highest BCUT2D eigenvalue weighted by molar-refractivity contribution is 8.01. The minimum absolute atomic E-state index is 0.0451. The molecule has 3 saturated heterocycles. The van der Waals surface area contributed by atoms with E-state index in [4.69, 9.17) is 5.11 Å². The van der Waals surface area contributed by atoms with Gasteiger partial charge in [-0.1, -0.05) is 6.42 Å². The molecule has 0 amide bonds. The van der Waals surface area contributed by atoms with Gasteiger partial charge in [-0.3, -0.25) is 15.0 Å². The maximum absolute atomic E-state index is 11.0. The summed E-state index contributed by atoms with van der Waals surface area (Å²) in [7, 11) is 0. The zero-order chi connectivity index (χ0) is 11.2. The fourth-order valence-corrected chi connectivity index (χ4v) is 4.95. The molecule has 0 aromatic carbocycles. The van der Waals surface area contributed by atoms with Crippen LogP contribution in [0.5, 0.6) is 0 Å². The molecule has 0 aromatic heterocycles. The fourth-order valence-electron chi connectivity index (χ4n) is 3.34. The number of carboxylic acids is 1. The van der Waals surface area contributed by atoms with Crippen LogP contribution in [-0.2, 0) is 4.79 Å². The number of aliphatic carboxylic acids is 1. The van der Waals surface area contributed by atoms with E-state index in [2.05, 4.69) is 10.2 Å². The molecule has 1 spiro atoms. The van der Waals surface area contributed by atoms with Gasteiger partial charge in [0.25, 0.3) is 0 Å². The van der Waals surface area contributed by atoms with E-state index >= 15 is 0 Å². The summed E-state index contributed by atoms with van der Waals surface area (Å²) in [6, 6.07) is 0.225. The quantitative estimate of drug-likeness (QED) is 0.710. The number of thioether (sulfide) groups is 1. The van der Waals surface area contributed by atoms with Gasteiger partial charge in [0.1, 0.15) is 6.04 Å². The first-order chi connectivity index (χ1) is 7.71. The van der Waals surface area contributed by atoms with Crippen molar-refractivity contribution in [2.75, 3.05) is 18.8 Å². The summed E-state index contributed by atoms with van der Waals surface area (Å²) in [4.78, 5) is 13.6. The number of carbonyl (C=O) groups is 1. The lowest BCUT2D eigenvalue weighted by molar-refractivity contribution is -0.138. The second-order valence-electron chi connectivity index (χ2n) is 5.03. The van der Waals surface area contributed by atoms with Crippen LogP contribution in [0.4, 0.5) is 0 Å². The molecule has 90 valence electrons. The Morgan fingerprint density at radius 3 is 3.06 bits per heavy atom. The van der Waals surface area contributed by atoms with E-state index in [0.717, 1.165) is 18.7 Å². The van der Waals surface area contributed by atoms with Crippen LogP contribution in [0.1, 0.15) is 25.7 Å². The van der Waals surface area contributed by atoms with E-state index in [1.54, 1.807) is 0 Å². The molecule has 0 radical (unpaired) electrons. The molecule has 5 heteroatoms. The number of hydrogen-bond donors (Lipinski definition) is 2. The predicted molar refractivity (Wildman–Crippen MR) is 63.6 cm³/mol. The lowest BCUT2D eigenvalue weighted by Gasteiger charge is -2.38. The number of fused-ring (bicyclic) bond motifs is 2. The van der Waals surface area contributed by atoms with Crippen LogP contribution >= 0.6 is 11.8 Å². The summed E-state index contributed by atoms with van der Waals surface area (Å²) in [5.41, 5.74) is 0. The predicted octanol–water partition coefficient (Wildman–Crippen LogP) is 0.730. The highest BCUT2D eigenvalue weighted by Crippen LogP contribution is 2.46. The van der Waals surface area contributed by atoms with Crippen molar-refractivity contribution in [3.63, 3.8) is 0 Å². The van der Waals surface area contributed by atoms with Gasteiger partial charge in [-0.05, 0) is 25.8 Å². The van der Waals surface area contributed by atoms with Crippen LogP contribution < -0.4 is 5.32 Å². The van der Waals surface area contributed by atoms with Crippen LogP contribution in [0.15, 0.2) is 0 Å². The molecule has 4 nitrogen and oxygen atoms in total. The third-order valence-corrected chi connectivity index (χ3v) is 5.76. The van der Waals surface area contributed by atoms with Crippen LogP contribution in [0.2, 0.25) is 0 Å². The Bertz CT molecular complexity index is 312. The highest BCUT2D eigenvalue weighted by Gasteiger charge is 2.53. The lowest BCUT2D eigenvalue weighted by atomic mass is 9.98. The Labute approximate surface area is 99.8 Å². The largest absolute Gasteiger partial charge is 0.480 e. The maximum Gasteiger partial charge on any atom is 0.321 e. The molecule has 3 aliphatic heterocycles. The summed E-state index contributed by atoms with van der Waals surface area (Å²) in [5, 5.41) is 12.5. The van der Waals surface area contributed by atoms with Crippen molar-refractivity contribution in [2.24, 2.45) is 0 Å². The molecule has 3 fully saturated rings. The minimum Gasteiger partial charge on any atom is -0.480 e. The van der Waals surface area contributed by atoms with E-state index in [-0.39, 0.29) is 10.9 Å². The maximum atomic E-state index is 11.0. The Balaban J connectivity index is 1.77. The van der Waals surface area contributed by atoms with Gasteiger partial charge < -0.3 is 5.11 Å². The van der Waals surface area contributed by atoms with Gasteiger partial charge in [0, 0.05) is 18.3 Å². The van der Waals surface area contributed by atoms with Gasteiger partial charge in [-0.25, -0.2) is 0 Å². The third-order valence-electron chi connectivity index (χ3n) is 4.15. The molecule has 3 aliphatic rings. The molecule has 0 bridgehead atoms. The first kappa shape index (κ1) is 10.9. The SMILES string of the molecule is O=C(O)[C@H]1CSC2(CCN3CCCCC32)N1. The normalized spacial score (nSPS) is 43.8. The van der Waals surface area contributed by atoms with Crippen molar-refractivity contribution in [2.45, 2.75) is 42.6 Å². The van der Waals surface area contributed by atoms with Crippen LogP contribution in [-0.4, -0.2) is 51.8 Å². The van der Waals surface area contributed by atoms with Crippen LogP contribution in [0.25, 0.3) is 0 Å². The minimum atomic E-state index is -0.696. The van der Waals surface area contributed by atoms with Gasteiger partial charge in [0.05, 0.1) is 4.87 Å². The second kappa shape index (κ2) is 3.89. The Morgan fingerprint density at radius 1 is 1.44 bits per heavy atom. The zero-order valence-electron chi connectivity index (χ0n) is 9.32. The van der Waals surface area contributed by atoms with Crippen molar-refractivity contribution < 1.29 is 9.90 Å². The van der Waals surface area contributed by atoms with E-state index in [1.165, 1.54) is 25.8 Å². The number of nitrogens with zero attached hydrogens (tertiary/aromatic N) is 1. The molecule has 0 aromatic rings. The molecule has 16 heavy (non-hydrogen) atoms. The number of hydrogen-bond acceptors (Lipinski definition) is 4. The number of rotatable bonds is 1. The van der Waals surface area contributed by atoms with E-state index in [0.29, 0.717) is 6.04 Å². The third kappa shape index (κ3) is 1.57. The summed E-state index contributed by atoms with van der Waals surface area (Å²) in [5.74, 6) is 0.0262. The molecule has 3 atom stereocenters. The lowest BCUT2D eigenvalue weighted by Crippen LogP contribution is -2.54. The first-order valence-corrected chi connectivity index (χ1v) is 7.08. The van der Waals surface area contributed by atoms with Gasteiger partial charge in [-0.15, -0.1) is 11.8 Å². The Morgan fingerprint density at radius 2 is 2.31 bits per heavy atom. The Hall–Kier alpha value is -0.260. The van der Waals surface area contributed by atoms with Gasteiger partial charge >= 0.3 is 5.97 Å². The summed E-state index contributed by atoms with van der Waals surface area (Å²) in [6.45, 7) is 2.34. The molecule has 2 N–H and O–H groups in total. The first-order valence-electron chi connectivity index (χ1n) is 6.10. The van der Waals surface area contributed by atoms with E-state index < -0.39 is 5.97 Å². The number of piperidine rings is 1. The summed E-state index contributed by atoms with van der Waals surface area (Å²) < 4.78 is 0. The second-order valence-corrected chi connectivity index (χ2v) is 6.38. The summed E-state index contributed by atoms with van der Waals surface area (Å²) in [6.07, 6.45) is 4.93. The molecule has 3 heterocycles. The standard InChI is InChI=1S/C11H18N2O2S/c14-10(15)8-7-16-11(12-8)4-6-13-5-2-1-3-9(11)13/h8-9,12H,1-7H2,(H,14,15)/t8-,9?,11?/m1/s1. The van der Waals surface area contributed by atoms with Crippen LogP contribution in [0.3, 0.4) is 0 Å². The smallest absolute Gasteiger partial charge is 0.321 e. The molecule has 3 rings (SSSR count). The molecular formula is C11H18N2O2S. The van der Waals surface area contributed by atoms with Crippen molar-refractivity contribution in [3.05, 3.63) is 0 Å². The zero-order valence-corrected chi connectivity index (χ0v) is 10.1. The fraction of sp³-hybridized carbons (Fsp3) is 0.909. The van der Waals surface area contributed by atoms with Crippen molar-refractivity contribution in [3.8, 4) is 0 Å². The monoisotopic (exact) mass is 242 g/mol. The van der Waals surface area contributed by atoms with E-state index in [9.17, 15) is 4.79 Å². The van der Waals surface area contributed by atoms with Crippen molar-refractivity contribution in [1.82, 2.24) is 10.2 Å². The average Bonchev–Trinajstić information content (AvgIpc) is 2.87. The topological polar surface area (TPSA) is 52.6 Å². The highest BCUT2D eigenvalue weighted by atomic mass is 32.2. The molecule has 0 aliphatic carbocycles. The van der Waals surface area contributed by atoms with Gasteiger partial charge in [0.15, 0.2) is 0 Å². The van der Waals surface area contributed by atoms with Gasteiger partial charge in [-0.2, -0.15) is 0 Å². The van der Waals surface area contributed by atoms with Gasteiger partial charge in [0.2, 0.25) is 0 Å². The van der Waals surface area contributed by atoms with Crippen molar-refractivity contribution >= 4 is 17.7 Å². The number of carboxylic acid groups (broad SMARTS) is 1. The Kier molecular flexibility index (Phi) is 2.64.